The third-order valence-corrected chi connectivity index (χ3v) is 4.91. The van der Waals surface area contributed by atoms with Gasteiger partial charge in [0.2, 0.25) is 5.95 Å². The SMILES string of the molecule is C[C@@H]1CN(Cc2cnc(N3CCN(C)CC3)nc2)C(C)(C)CO1. The second kappa shape index (κ2) is 6.71. The van der Waals surface area contributed by atoms with E-state index in [0.29, 0.717) is 0 Å². The molecule has 128 valence electrons. The van der Waals surface area contributed by atoms with Crippen LogP contribution in [0.5, 0.6) is 0 Å². The zero-order valence-electron chi connectivity index (χ0n) is 14.8. The van der Waals surface area contributed by atoms with Gasteiger partial charge in [0, 0.05) is 62.8 Å². The summed E-state index contributed by atoms with van der Waals surface area (Å²) in [5.74, 6) is 0.858. The topological polar surface area (TPSA) is 44.7 Å². The van der Waals surface area contributed by atoms with Crippen molar-refractivity contribution in [3.05, 3.63) is 18.0 Å². The molecule has 0 spiro atoms. The number of rotatable bonds is 3. The molecule has 1 aromatic heterocycles. The van der Waals surface area contributed by atoms with Gasteiger partial charge in [-0.15, -0.1) is 0 Å². The Morgan fingerprint density at radius 2 is 1.83 bits per heavy atom. The summed E-state index contributed by atoms with van der Waals surface area (Å²) >= 11 is 0. The first kappa shape index (κ1) is 16.6. The molecule has 1 aromatic rings. The molecule has 0 unspecified atom stereocenters. The van der Waals surface area contributed by atoms with E-state index in [1.807, 2.05) is 12.4 Å². The Bertz CT molecular complexity index is 510. The number of anilines is 1. The van der Waals surface area contributed by atoms with Crippen molar-refractivity contribution in [1.82, 2.24) is 19.8 Å². The zero-order valence-corrected chi connectivity index (χ0v) is 14.8. The Labute approximate surface area is 139 Å². The average molecular weight is 319 g/mol. The van der Waals surface area contributed by atoms with E-state index in [0.717, 1.165) is 51.8 Å². The van der Waals surface area contributed by atoms with Gasteiger partial charge in [-0.3, -0.25) is 4.90 Å². The average Bonchev–Trinajstić information content (AvgIpc) is 2.53. The summed E-state index contributed by atoms with van der Waals surface area (Å²) in [4.78, 5) is 16.3. The second-order valence-corrected chi connectivity index (χ2v) is 7.50. The lowest BCUT2D eigenvalue weighted by molar-refractivity contribution is -0.0950. The maximum atomic E-state index is 5.78. The monoisotopic (exact) mass is 319 g/mol. The Morgan fingerprint density at radius 3 is 2.48 bits per heavy atom. The van der Waals surface area contributed by atoms with Gasteiger partial charge in [-0.25, -0.2) is 9.97 Å². The van der Waals surface area contributed by atoms with Gasteiger partial charge < -0.3 is 14.5 Å². The van der Waals surface area contributed by atoms with E-state index < -0.39 is 0 Å². The van der Waals surface area contributed by atoms with Gasteiger partial charge in [0.15, 0.2) is 0 Å². The fraction of sp³-hybridized carbons (Fsp3) is 0.765. The summed E-state index contributed by atoms with van der Waals surface area (Å²) in [5.41, 5.74) is 1.23. The Morgan fingerprint density at radius 1 is 1.17 bits per heavy atom. The minimum absolute atomic E-state index is 0.0582. The van der Waals surface area contributed by atoms with Crippen LogP contribution in [0.4, 0.5) is 5.95 Å². The predicted molar refractivity (Wildman–Crippen MR) is 91.6 cm³/mol. The van der Waals surface area contributed by atoms with Crippen molar-refractivity contribution in [2.75, 3.05) is 51.3 Å². The molecule has 0 saturated carbocycles. The van der Waals surface area contributed by atoms with Crippen LogP contribution >= 0.6 is 0 Å². The Balaban J connectivity index is 1.63. The molecule has 3 heterocycles. The second-order valence-electron chi connectivity index (χ2n) is 7.50. The van der Waals surface area contributed by atoms with E-state index >= 15 is 0 Å². The van der Waals surface area contributed by atoms with Crippen LogP contribution in [0.3, 0.4) is 0 Å². The lowest BCUT2D eigenvalue weighted by atomic mass is 10.0. The molecule has 0 aliphatic carbocycles. The van der Waals surface area contributed by atoms with Crippen molar-refractivity contribution in [1.29, 1.82) is 0 Å². The van der Waals surface area contributed by atoms with Crippen molar-refractivity contribution in [3.8, 4) is 0 Å². The molecular weight excluding hydrogens is 290 g/mol. The maximum Gasteiger partial charge on any atom is 0.225 e. The highest BCUT2D eigenvalue weighted by molar-refractivity contribution is 5.30. The first-order valence-corrected chi connectivity index (χ1v) is 8.55. The molecule has 2 saturated heterocycles. The van der Waals surface area contributed by atoms with E-state index in [4.69, 9.17) is 4.74 Å². The molecule has 6 nitrogen and oxygen atoms in total. The van der Waals surface area contributed by atoms with Gasteiger partial charge in [-0.05, 0) is 27.8 Å². The summed E-state index contributed by atoms with van der Waals surface area (Å²) in [6, 6.07) is 0. The Kier molecular flexibility index (Phi) is 4.85. The fourth-order valence-electron chi connectivity index (χ4n) is 3.15. The van der Waals surface area contributed by atoms with Gasteiger partial charge >= 0.3 is 0 Å². The minimum Gasteiger partial charge on any atom is -0.375 e. The van der Waals surface area contributed by atoms with Gasteiger partial charge in [0.25, 0.3) is 0 Å². The van der Waals surface area contributed by atoms with E-state index in [9.17, 15) is 0 Å². The third kappa shape index (κ3) is 4.00. The summed E-state index contributed by atoms with van der Waals surface area (Å²) in [6.45, 7) is 13.4. The van der Waals surface area contributed by atoms with Crippen LogP contribution < -0.4 is 4.90 Å². The summed E-state index contributed by atoms with van der Waals surface area (Å²) in [7, 11) is 2.16. The lowest BCUT2D eigenvalue weighted by Crippen LogP contribution is -2.54. The normalized spacial score (nSPS) is 26.4. The van der Waals surface area contributed by atoms with Crippen LogP contribution in [0.25, 0.3) is 0 Å². The quantitative estimate of drug-likeness (QED) is 0.835. The number of hydrogen-bond donors (Lipinski definition) is 0. The van der Waals surface area contributed by atoms with Crippen LogP contribution in [-0.4, -0.2) is 77.8 Å². The Hall–Kier alpha value is -1.24. The molecule has 0 N–H and O–H groups in total. The molecule has 3 rings (SSSR count). The number of ether oxygens (including phenoxy) is 1. The van der Waals surface area contributed by atoms with Crippen LogP contribution in [0.2, 0.25) is 0 Å². The van der Waals surface area contributed by atoms with Crippen LogP contribution in [0.1, 0.15) is 26.3 Å². The highest BCUT2D eigenvalue weighted by atomic mass is 16.5. The van der Waals surface area contributed by atoms with Crippen molar-refractivity contribution in [2.24, 2.45) is 0 Å². The highest BCUT2D eigenvalue weighted by Crippen LogP contribution is 2.24. The molecule has 0 aromatic carbocycles. The minimum atomic E-state index is 0.0582. The fourth-order valence-corrected chi connectivity index (χ4v) is 3.15. The molecule has 2 aliphatic heterocycles. The molecule has 0 radical (unpaired) electrons. The first-order chi connectivity index (χ1) is 10.9. The standard InChI is InChI=1S/C17H29N5O/c1-14-11-22(17(2,3)13-23-14)12-15-9-18-16(19-10-15)21-7-5-20(4)6-8-21/h9-10,14H,5-8,11-13H2,1-4H3/t14-/m1/s1. The summed E-state index contributed by atoms with van der Waals surface area (Å²) in [6.07, 6.45) is 4.25. The predicted octanol–water partition coefficient (Wildman–Crippen LogP) is 1.23. The first-order valence-electron chi connectivity index (χ1n) is 8.55. The smallest absolute Gasteiger partial charge is 0.225 e. The molecule has 0 bridgehead atoms. The lowest BCUT2D eigenvalue weighted by Gasteiger charge is -2.44. The van der Waals surface area contributed by atoms with Crippen molar-refractivity contribution >= 4 is 5.95 Å². The van der Waals surface area contributed by atoms with Crippen LogP contribution in [0.15, 0.2) is 12.4 Å². The van der Waals surface area contributed by atoms with E-state index in [-0.39, 0.29) is 11.6 Å². The molecule has 23 heavy (non-hydrogen) atoms. The number of morpholine rings is 1. The molecular formula is C17H29N5O. The van der Waals surface area contributed by atoms with Gasteiger partial charge in [-0.2, -0.15) is 0 Å². The summed E-state index contributed by atoms with van der Waals surface area (Å²) < 4.78 is 5.78. The zero-order chi connectivity index (χ0) is 16.4. The maximum absolute atomic E-state index is 5.78. The number of hydrogen-bond acceptors (Lipinski definition) is 6. The van der Waals surface area contributed by atoms with E-state index in [1.165, 1.54) is 5.56 Å². The van der Waals surface area contributed by atoms with Crippen molar-refractivity contribution < 1.29 is 4.74 Å². The molecule has 2 aliphatic rings. The number of likely N-dealkylation sites (N-methyl/N-ethyl adjacent to an activating group) is 1. The molecule has 0 amide bonds. The van der Waals surface area contributed by atoms with Crippen molar-refractivity contribution in [2.45, 2.75) is 39.0 Å². The molecule has 6 heteroatoms. The molecule has 1 atom stereocenters. The highest BCUT2D eigenvalue weighted by Gasteiger charge is 2.33. The summed E-state index contributed by atoms with van der Waals surface area (Å²) in [5, 5.41) is 0. The van der Waals surface area contributed by atoms with Crippen LogP contribution in [0, 0.1) is 0 Å². The van der Waals surface area contributed by atoms with Gasteiger partial charge in [0.1, 0.15) is 0 Å². The van der Waals surface area contributed by atoms with Gasteiger partial charge in [-0.1, -0.05) is 0 Å². The van der Waals surface area contributed by atoms with Crippen LogP contribution in [-0.2, 0) is 11.3 Å². The number of nitrogens with zero attached hydrogens (tertiary/aromatic N) is 5. The number of piperazine rings is 1. The number of aromatic nitrogens is 2. The van der Waals surface area contributed by atoms with E-state index in [2.05, 4.69) is 52.5 Å². The largest absolute Gasteiger partial charge is 0.375 e. The van der Waals surface area contributed by atoms with Crippen molar-refractivity contribution in [3.63, 3.8) is 0 Å². The third-order valence-electron chi connectivity index (χ3n) is 4.91. The molecule has 2 fully saturated rings. The van der Waals surface area contributed by atoms with Gasteiger partial charge in [0.05, 0.1) is 12.7 Å². The van der Waals surface area contributed by atoms with E-state index in [1.54, 1.807) is 0 Å².